The molecule has 5 rings (SSSR count). The van der Waals surface area contributed by atoms with Crippen LogP contribution in [0.15, 0.2) is 53.5 Å². The van der Waals surface area contributed by atoms with E-state index in [1.54, 1.807) is 41.0 Å². The van der Waals surface area contributed by atoms with Crippen LogP contribution in [0.2, 0.25) is 0 Å². The molecule has 0 unspecified atom stereocenters. The topological polar surface area (TPSA) is 92.8 Å². The number of benzene rings is 2. The highest BCUT2D eigenvalue weighted by Gasteiger charge is 2.20. The van der Waals surface area contributed by atoms with E-state index in [0.29, 0.717) is 40.5 Å². The highest BCUT2D eigenvalue weighted by Crippen LogP contribution is 2.39. The maximum Gasteiger partial charge on any atom is 0.285 e. The van der Waals surface area contributed by atoms with E-state index >= 15 is 0 Å². The summed E-state index contributed by atoms with van der Waals surface area (Å²) >= 11 is 0. The minimum Gasteiger partial charge on any atom is -0.493 e. The molecule has 3 aromatic heterocycles. The molecule has 0 fully saturated rings. The monoisotopic (exact) mass is 475 g/mol. The number of aryl methyl sites for hydroxylation is 1. The Bertz CT molecular complexity index is 1600. The van der Waals surface area contributed by atoms with Crippen molar-refractivity contribution in [2.75, 3.05) is 21.3 Å². The molecule has 0 saturated carbocycles. The minimum absolute atomic E-state index is 0.143. The van der Waals surface area contributed by atoms with Gasteiger partial charge in [0.15, 0.2) is 22.7 Å². The predicted molar refractivity (Wildman–Crippen MR) is 128 cm³/mol. The molecule has 3 heterocycles. The molecule has 0 N–H and O–H groups in total. The van der Waals surface area contributed by atoms with Crippen LogP contribution in [0.3, 0.4) is 0 Å². The van der Waals surface area contributed by atoms with E-state index in [1.165, 1.54) is 38.0 Å². The Kier molecular flexibility index (Phi) is 5.56. The molecule has 0 aliphatic carbocycles. The predicted octanol–water partition coefficient (Wildman–Crippen LogP) is 3.82. The van der Waals surface area contributed by atoms with Crippen molar-refractivity contribution < 1.29 is 18.6 Å². The third-order valence-corrected chi connectivity index (χ3v) is 5.85. The minimum atomic E-state index is -0.386. The zero-order chi connectivity index (χ0) is 24.7. The maximum absolute atomic E-state index is 13.5. The maximum atomic E-state index is 13.5. The number of methoxy groups -OCH3 is 3. The molecule has 0 spiro atoms. The Morgan fingerprint density at radius 3 is 2.23 bits per heavy atom. The van der Waals surface area contributed by atoms with Crippen LogP contribution in [0.25, 0.3) is 33.5 Å². The summed E-state index contributed by atoms with van der Waals surface area (Å²) in [5.41, 5.74) is 3.57. The number of hydrogen-bond acceptors (Lipinski definition) is 7. The van der Waals surface area contributed by atoms with Crippen LogP contribution >= 0.6 is 0 Å². The van der Waals surface area contributed by atoms with Crippen molar-refractivity contribution in [3.05, 3.63) is 70.5 Å². The number of nitrogens with zero attached hydrogens (tertiary/aromatic N) is 5. The standard InChI is InChI=1S/C25H22FN5O4/c1-5-17-21(14-6-8-15(26)9-7-14)24-28-27-22-18(31(24)29-17)10-11-30(25(22)32)16-12-19(33-2)23(35-4)20(13-16)34-3/h6-13H,5H2,1-4H3. The van der Waals surface area contributed by atoms with Gasteiger partial charge in [0, 0.05) is 18.3 Å². The van der Waals surface area contributed by atoms with Gasteiger partial charge in [-0.05, 0) is 30.2 Å². The lowest BCUT2D eigenvalue weighted by molar-refractivity contribution is 0.324. The molecule has 0 aliphatic rings. The van der Waals surface area contributed by atoms with E-state index in [4.69, 9.17) is 19.3 Å². The number of hydrogen-bond donors (Lipinski definition) is 0. The third kappa shape index (κ3) is 3.54. The van der Waals surface area contributed by atoms with Crippen LogP contribution in [0, 0.1) is 5.82 Å². The van der Waals surface area contributed by atoms with Gasteiger partial charge in [0.1, 0.15) is 11.3 Å². The summed E-state index contributed by atoms with van der Waals surface area (Å²) in [5.74, 6) is 0.927. The first-order valence-electron chi connectivity index (χ1n) is 10.9. The Morgan fingerprint density at radius 1 is 0.943 bits per heavy atom. The van der Waals surface area contributed by atoms with E-state index in [1.807, 2.05) is 6.92 Å². The normalized spacial score (nSPS) is 11.2. The fourth-order valence-electron chi connectivity index (χ4n) is 4.16. The van der Waals surface area contributed by atoms with E-state index in [2.05, 4.69) is 10.2 Å². The molecule has 0 amide bonds. The van der Waals surface area contributed by atoms with Gasteiger partial charge in [-0.3, -0.25) is 9.36 Å². The highest BCUT2D eigenvalue weighted by molar-refractivity contribution is 5.84. The van der Waals surface area contributed by atoms with Crippen LogP contribution < -0.4 is 19.8 Å². The molecule has 10 heteroatoms. The average Bonchev–Trinajstić information content (AvgIpc) is 3.27. The van der Waals surface area contributed by atoms with Gasteiger partial charge in [0.05, 0.1) is 38.3 Å². The molecule has 0 saturated heterocycles. The molecule has 9 nitrogen and oxygen atoms in total. The van der Waals surface area contributed by atoms with Crippen molar-refractivity contribution >= 4 is 16.7 Å². The van der Waals surface area contributed by atoms with Gasteiger partial charge in [-0.2, -0.15) is 5.10 Å². The van der Waals surface area contributed by atoms with Crippen molar-refractivity contribution in [2.24, 2.45) is 0 Å². The second kappa shape index (κ2) is 8.71. The summed E-state index contributed by atoms with van der Waals surface area (Å²) in [6.45, 7) is 1.97. The van der Waals surface area contributed by atoms with E-state index in [0.717, 1.165) is 16.8 Å². The first kappa shape index (κ1) is 22.3. The van der Waals surface area contributed by atoms with Gasteiger partial charge in [-0.15, -0.1) is 10.2 Å². The Balaban J connectivity index is 1.73. The van der Waals surface area contributed by atoms with Crippen molar-refractivity contribution in [3.8, 4) is 34.1 Å². The van der Waals surface area contributed by atoms with E-state index in [-0.39, 0.29) is 16.9 Å². The van der Waals surface area contributed by atoms with E-state index in [9.17, 15) is 9.18 Å². The molecule has 0 bridgehead atoms. The number of fused-ring (bicyclic) bond motifs is 3. The lowest BCUT2D eigenvalue weighted by Crippen LogP contribution is -2.20. The SMILES string of the molecule is CCc1nn2c(nnc3c(=O)n(-c4cc(OC)c(OC)c(OC)c4)ccc32)c1-c1ccc(F)cc1. The summed E-state index contributed by atoms with van der Waals surface area (Å²) in [6.07, 6.45) is 2.26. The van der Waals surface area contributed by atoms with Crippen molar-refractivity contribution in [2.45, 2.75) is 13.3 Å². The second-order valence-electron chi connectivity index (χ2n) is 7.73. The van der Waals surface area contributed by atoms with Crippen molar-refractivity contribution in [3.63, 3.8) is 0 Å². The summed E-state index contributed by atoms with van der Waals surface area (Å²) in [7, 11) is 4.53. The molecular formula is C25H22FN5O4. The summed E-state index contributed by atoms with van der Waals surface area (Å²) in [6, 6.07) is 11.3. The summed E-state index contributed by atoms with van der Waals surface area (Å²) in [5, 5.41) is 13.3. The molecule has 2 aromatic carbocycles. The van der Waals surface area contributed by atoms with Gasteiger partial charge in [0.2, 0.25) is 5.75 Å². The zero-order valence-corrected chi connectivity index (χ0v) is 19.6. The van der Waals surface area contributed by atoms with Crippen LogP contribution in [0.1, 0.15) is 12.6 Å². The van der Waals surface area contributed by atoms with Gasteiger partial charge in [-0.1, -0.05) is 19.1 Å². The fourth-order valence-corrected chi connectivity index (χ4v) is 4.16. The highest BCUT2D eigenvalue weighted by atomic mass is 19.1. The fraction of sp³-hybridized carbons (Fsp3) is 0.200. The number of pyridine rings is 1. The first-order valence-corrected chi connectivity index (χ1v) is 10.9. The summed E-state index contributed by atoms with van der Waals surface area (Å²) in [4.78, 5) is 13.5. The molecule has 178 valence electrons. The van der Waals surface area contributed by atoms with Gasteiger partial charge < -0.3 is 14.2 Å². The molecular weight excluding hydrogens is 453 g/mol. The van der Waals surface area contributed by atoms with Crippen LogP contribution in [0.4, 0.5) is 4.39 Å². The molecule has 0 aliphatic heterocycles. The van der Waals surface area contributed by atoms with Crippen LogP contribution in [0.5, 0.6) is 17.2 Å². The average molecular weight is 475 g/mol. The van der Waals surface area contributed by atoms with Gasteiger partial charge in [0.25, 0.3) is 5.56 Å². The second-order valence-corrected chi connectivity index (χ2v) is 7.73. The smallest absolute Gasteiger partial charge is 0.285 e. The third-order valence-electron chi connectivity index (χ3n) is 5.85. The van der Waals surface area contributed by atoms with Crippen molar-refractivity contribution in [1.82, 2.24) is 24.4 Å². The van der Waals surface area contributed by atoms with Crippen LogP contribution in [-0.4, -0.2) is 45.7 Å². The molecule has 5 aromatic rings. The van der Waals surface area contributed by atoms with Gasteiger partial charge in [-0.25, -0.2) is 8.91 Å². The quantitative estimate of drug-likeness (QED) is 0.369. The number of ether oxygens (including phenoxy) is 3. The lowest BCUT2D eigenvalue weighted by atomic mass is 10.0. The Morgan fingerprint density at radius 2 is 1.63 bits per heavy atom. The Hall–Kier alpha value is -4.47. The number of halogens is 1. The number of rotatable bonds is 6. The molecule has 0 radical (unpaired) electrons. The lowest BCUT2D eigenvalue weighted by Gasteiger charge is -2.15. The zero-order valence-electron chi connectivity index (χ0n) is 19.6. The van der Waals surface area contributed by atoms with E-state index < -0.39 is 0 Å². The largest absolute Gasteiger partial charge is 0.493 e. The van der Waals surface area contributed by atoms with Gasteiger partial charge >= 0.3 is 0 Å². The van der Waals surface area contributed by atoms with Crippen molar-refractivity contribution in [1.29, 1.82) is 0 Å². The first-order chi connectivity index (χ1) is 17.0. The Labute approximate surface area is 199 Å². The summed E-state index contributed by atoms with van der Waals surface area (Å²) < 4.78 is 32.7. The number of aromatic nitrogens is 5. The molecule has 0 atom stereocenters. The molecule has 35 heavy (non-hydrogen) atoms. The van der Waals surface area contributed by atoms with Crippen LogP contribution in [-0.2, 0) is 6.42 Å².